The van der Waals surface area contributed by atoms with Crippen LogP contribution in [0.25, 0.3) is 0 Å². The molecule has 1 aromatic carbocycles. The van der Waals surface area contributed by atoms with Crippen LogP contribution in [-0.2, 0) is 0 Å². The molecule has 1 N–H and O–H groups in total. The molecule has 1 fully saturated rings. The number of carbonyl (C=O) groups is 1. The first kappa shape index (κ1) is 16.9. The maximum absolute atomic E-state index is 12.5. The number of hydrogen-bond donors (Lipinski definition) is 1. The van der Waals surface area contributed by atoms with Crippen molar-refractivity contribution in [3.05, 3.63) is 32.7 Å². The van der Waals surface area contributed by atoms with Crippen molar-refractivity contribution in [1.82, 2.24) is 9.80 Å². The lowest BCUT2D eigenvalue weighted by Gasteiger charge is -2.37. The highest BCUT2D eigenvalue weighted by molar-refractivity contribution is 9.11. The average molecular weight is 420 g/mol. The SMILES string of the molecule is CC(C)(O)CN1CCN(C(=O)c2cc(Br)cc(Br)c2)CC1. The summed E-state index contributed by atoms with van der Waals surface area (Å²) < 4.78 is 1.78. The first-order valence-corrected chi connectivity index (χ1v) is 8.53. The molecule has 0 atom stereocenters. The van der Waals surface area contributed by atoms with Gasteiger partial charge < -0.3 is 10.0 Å². The standard InChI is InChI=1S/C15H20Br2N2O2/c1-15(2,21)10-18-3-5-19(6-4-18)14(20)11-7-12(16)9-13(17)8-11/h7-9,21H,3-6,10H2,1-2H3. The van der Waals surface area contributed by atoms with Crippen molar-refractivity contribution in [3.8, 4) is 0 Å². The van der Waals surface area contributed by atoms with Gasteiger partial charge in [-0.25, -0.2) is 0 Å². The number of benzene rings is 1. The summed E-state index contributed by atoms with van der Waals surface area (Å²) in [5.41, 5.74) is -0.00591. The van der Waals surface area contributed by atoms with E-state index in [1.54, 1.807) is 0 Å². The minimum absolute atomic E-state index is 0.0555. The Kier molecular flexibility index (Phi) is 5.46. The Balaban J connectivity index is 1.97. The second-order valence-electron chi connectivity index (χ2n) is 6.04. The summed E-state index contributed by atoms with van der Waals surface area (Å²) in [6.07, 6.45) is 0. The van der Waals surface area contributed by atoms with Crippen LogP contribution in [0, 0.1) is 0 Å². The van der Waals surface area contributed by atoms with Crippen LogP contribution in [0.5, 0.6) is 0 Å². The molecule has 2 rings (SSSR count). The minimum atomic E-state index is -0.693. The number of hydrogen-bond acceptors (Lipinski definition) is 3. The zero-order valence-corrected chi connectivity index (χ0v) is 15.4. The minimum Gasteiger partial charge on any atom is -0.389 e. The maximum Gasteiger partial charge on any atom is 0.254 e. The van der Waals surface area contributed by atoms with E-state index in [2.05, 4.69) is 36.8 Å². The molecule has 0 spiro atoms. The van der Waals surface area contributed by atoms with E-state index in [1.165, 1.54) is 0 Å². The Morgan fingerprint density at radius 1 is 1.14 bits per heavy atom. The van der Waals surface area contributed by atoms with Gasteiger partial charge in [0.2, 0.25) is 0 Å². The van der Waals surface area contributed by atoms with Crippen molar-refractivity contribution < 1.29 is 9.90 Å². The van der Waals surface area contributed by atoms with E-state index in [0.29, 0.717) is 25.2 Å². The van der Waals surface area contributed by atoms with Crippen LogP contribution in [0.2, 0.25) is 0 Å². The van der Waals surface area contributed by atoms with Crippen LogP contribution in [0.3, 0.4) is 0 Å². The second-order valence-corrected chi connectivity index (χ2v) is 7.87. The fourth-order valence-electron chi connectivity index (χ4n) is 2.52. The van der Waals surface area contributed by atoms with Gasteiger partial charge in [0, 0.05) is 47.2 Å². The topological polar surface area (TPSA) is 43.8 Å². The van der Waals surface area contributed by atoms with Crippen LogP contribution in [-0.4, -0.2) is 59.1 Å². The molecule has 1 aromatic rings. The normalized spacial score (nSPS) is 17.1. The Morgan fingerprint density at radius 2 is 1.67 bits per heavy atom. The zero-order chi connectivity index (χ0) is 15.6. The van der Waals surface area contributed by atoms with Crippen molar-refractivity contribution in [3.63, 3.8) is 0 Å². The van der Waals surface area contributed by atoms with E-state index in [1.807, 2.05) is 36.9 Å². The van der Waals surface area contributed by atoms with E-state index in [4.69, 9.17) is 0 Å². The number of nitrogens with zero attached hydrogens (tertiary/aromatic N) is 2. The smallest absolute Gasteiger partial charge is 0.254 e. The van der Waals surface area contributed by atoms with Gasteiger partial charge in [0.05, 0.1) is 5.60 Å². The third-order valence-electron chi connectivity index (χ3n) is 3.38. The highest BCUT2D eigenvalue weighted by Crippen LogP contribution is 2.21. The molecule has 1 amide bonds. The van der Waals surface area contributed by atoms with Crippen molar-refractivity contribution in [2.75, 3.05) is 32.7 Å². The van der Waals surface area contributed by atoms with E-state index in [9.17, 15) is 9.90 Å². The Labute approximate surface area is 142 Å². The fourth-order valence-corrected chi connectivity index (χ4v) is 3.81. The molecule has 0 aromatic heterocycles. The molecular formula is C15H20Br2N2O2. The number of rotatable bonds is 3. The van der Waals surface area contributed by atoms with E-state index < -0.39 is 5.60 Å². The number of piperazine rings is 1. The predicted molar refractivity (Wildman–Crippen MR) is 90.5 cm³/mol. The summed E-state index contributed by atoms with van der Waals surface area (Å²) in [5.74, 6) is 0.0555. The summed E-state index contributed by atoms with van der Waals surface area (Å²) in [4.78, 5) is 16.6. The molecule has 0 saturated carbocycles. The molecule has 1 aliphatic rings. The van der Waals surface area contributed by atoms with Gasteiger partial charge in [0.1, 0.15) is 0 Å². The van der Waals surface area contributed by atoms with Gasteiger partial charge in [-0.3, -0.25) is 9.69 Å². The van der Waals surface area contributed by atoms with Gasteiger partial charge in [-0.1, -0.05) is 31.9 Å². The van der Waals surface area contributed by atoms with Crippen LogP contribution >= 0.6 is 31.9 Å². The number of carbonyl (C=O) groups excluding carboxylic acids is 1. The van der Waals surface area contributed by atoms with Crippen LogP contribution in [0.4, 0.5) is 0 Å². The van der Waals surface area contributed by atoms with Crippen LogP contribution < -0.4 is 0 Å². The fraction of sp³-hybridized carbons (Fsp3) is 0.533. The average Bonchev–Trinajstić information content (AvgIpc) is 2.35. The molecular weight excluding hydrogens is 400 g/mol. The van der Waals surface area contributed by atoms with Crippen LogP contribution in [0.1, 0.15) is 24.2 Å². The summed E-state index contributed by atoms with van der Waals surface area (Å²) >= 11 is 6.82. The quantitative estimate of drug-likeness (QED) is 0.819. The van der Waals surface area contributed by atoms with Crippen molar-refractivity contribution in [2.45, 2.75) is 19.4 Å². The summed E-state index contributed by atoms with van der Waals surface area (Å²) in [7, 11) is 0. The molecule has 1 aliphatic heterocycles. The second kappa shape index (κ2) is 6.77. The molecule has 6 heteroatoms. The Morgan fingerprint density at radius 3 is 2.14 bits per heavy atom. The lowest BCUT2D eigenvalue weighted by atomic mass is 10.1. The monoisotopic (exact) mass is 418 g/mol. The van der Waals surface area contributed by atoms with Gasteiger partial charge in [-0.15, -0.1) is 0 Å². The van der Waals surface area contributed by atoms with Crippen LogP contribution in [0.15, 0.2) is 27.1 Å². The summed E-state index contributed by atoms with van der Waals surface area (Å²) in [6.45, 7) is 7.23. The number of halogens is 2. The van der Waals surface area contributed by atoms with Gasteiger partial charge >= 0.3 is 0 Å². The number of aliphatic hydroxyl groups is 1. The zero-order valence-electron chi connectivity index (χ0n) is 12.3. The molecule has 1 saturated heterocycles. The number of β-amino-alcohol motifs (C(OH)–C–C–N with tert-alkyl or cyclic N) is 1. The van der Waals surface area contributed by atoms with Gasteiger partial charge in [0.15, 0.2) is 0 Å². The van der Waals surface area contributed by atoms with Gasteiger partial charge in [-0.05, 0) is 32.0 Å². The lowest BCUT2D eigenvalue weighted by molar-refractivity contribution is 0.0178. The van der Waals surface area contributed by atoms with Crippen molar-refractivity contribution in [1.29, 1.82) is 0 Å². The van der Waals surface area contributed by atoms with Crippen molar-refractivity contribution >= 4 is 37.8 Å². The first-order chi connectivity index (χ1) is 9.74. The Hall–Kier alpha value is -0.430. The van der Waals surface area contributed by atoms with E-state index in [0.717, 1.165) is 22.0 Å². The molecule has 0 radical (unpaired) electrons. The van der Waals surface area contributed by atoms with E-state index in [-0.39, 0.29) is 5.91 Å². The third kappa shape index (κ3) is 5.06. The largest absolute Gasteiger partial charge is 0.389 e. The molecule has 0 unspecified atom stereocenters. The predicted octanol–water partition coefficient (Wildman–Crippen LogP) is 2.74. The highest BCUT2D eigenvalue weighted by atomic mass is 79.9. The lowest BCUT2D eigenvalue weighted by Crippen LogP contribution is -2.52. The molecule has 21 heavy (non-hydrogen) atoms. The first-order valence-electron chi connectivity index (χ1n) is 6.95. The summed E-state index contributed by atoms with van der Waals surface area (Å²) in [5, 5.41) is 9.85. The molecule has 116 valence electrons. The molecule has 0 aliphatic carbocycles. The summed E-state index contributed by atoms with van der Waals surface area (Å²) in [6, 6.07) is 5.60. The maximum atomic E-state index is 12.5. The third-order valence-corrected chi connectivity index (χ3v) is 4.30. The molecule has 1 heterocycles. The van der Waals surface area contributed by atoms with Crippen molar-refractivity contribution in [2.24, 2.45) is 0 Å². The highest BCUT2D eigenvalue weighted by Gasteiger charge is 2.25. The molecule has 4 nitrogen and oxygen atoms in total. The Bertz CT molecular complexity index is 501. The number of amides is 1. The van der Waals surface area contributed by atoms with Gasteiger partial charge in [-0.2, -0.15) is 0 Å². The molecule has 0 bridgehead atoms. The van der Waals surface area contributed by atoms with Gasteiger partial charge in [0.25, 0.3) is 5.91 Å². The van der Waals surface area contributed by atoms with E-state index >= 15 is 0 Å².